The summed E-state index contributed by atoms with van der Waals surface area (Å²) in [6, 6.07) is 0. The second kappa shape index (κ2) is 8.10. The van der Waals surface area contributed by atoms with Gasteiger partial charge in [0.15, 0.2) is 0 Å². The van der Waals surface area contributed by atoms with Crippen LogP contribution in [-0.4, -0.2) is 37.5 Å². The Balaban J connectivity index is 3.87. The van der Waals surface area contributed by atoms with Crippen LogP contribution in [0.3, 0.4) is 0 Å². The molecule has 0 bridgehead atoms. The average molecular weight is 242 g/mol. The highest BCUT2D eigenvalue weighted by molar-refractivity contribution is 5.88. The Bertz CT molecular complexity index is 280. The lowest BCUT2D eigenvalue weighted by Gasteiger charge is -2.17. The van der Waals surface area contributed by atoms with Gasteiger partial charge in [-0.2, -0.15) is 0 Å². The highest BCUT2D eigenvalue weighted by atomic mass is 16.6. The summed E-state index contributed by atoms with van der Waals surface area (Å²) in [5, 5.41) is 0. The van der Waals surface area contributed by atoms with Crippen molar-refractivity contribution < 1.29 is 19.0 Å². The number of hydrogen-bond acceptors (Lipinski definition) is 4. The van der Waals surface area contributed by atoms with Gasteiger partial charge in [0, 0.05) is 12.5 Å². The van der Waals surface area contributed by atoms with E-state index in [1.165, 1.54) is 0 Å². The minimum Gasteiger partial charge on any atom is -0.450 e. The lowest BCUT2D eigenvalue weighted by molar-refractivity contribution is -0.147. The molecule has 0 aromatic rings. The zero-order chi connectivity index (χ0) is 13.3. The van der Waals surface area contributed by atoms with Crippen LogP contribution in [-0.2, 0) is 19.0 Å². The Morgan fingerprint density at radius 1 is 1.29 bits per heavy atom. The molecule has 0 aromatic heterocycles. The number of esters is 1. The predicted molar refractivity (Wildman–Crippen MR) is 65.5 cm³/mol. The van der Waals surface area contributed by atoms with E-state index in [4.69, 9.17) is 14.2 Å². The van der Waals surface area contributed by atoms with Crippen LogP contribution >= 0.6 is 0 Å². The molecule has 0 radical (unpaired) electrons. The van der Waals surface area contributed by atoms with Crippen molar-refractivity contribution in [2.24, 2.45) is 0 Å². The molecule has 0 saturated carbocycles. The van der Waals surface area contributed by atoms with Crippen LogP contribution in [0.15, 0.2) is 0 Å². The summed E-state index contributed by atoms with van der Waals surface area (Å²) in [5.74, 6) is 4.55. The minimum absolute atomic E-state index is 0.303. The Labute approximate surface area is 104 Å². The van der Waals surface area contributed by atoms with Crippen LogP contribution in [0.5, 0.6) is 0 Å². The van der Waals surface area contributed by atoms with Gasteiger partial charge >= 0.3 is 5.97 Å². The van der Waals surface area contributed by atoms with Crippen molar-refractivity contribution >= 4 is 5.97 Å². The van der Waals surface area contributed by atoms with Crippen molar-refractivity contribution in [3.05, 3.63) is 0 Å². The van der Waals surface area contributed by atoms with Crippen molar-refractivity contribution in [2.45, 2.75) is 46.3 Å². The van der Waals surface area contributed by atoms with Gasteiger partial charge in [0.25, 0.3) is 0 Å². The molecule has 4 nitrogen and oxygen atoms in total. The fourth-order valence-corrected chi connectivity index (χ4v) is 0.934. The molecule has 0 aliphatic heterocycles. The van der Waals surface area contributed by atoms with Crippen molar-refractivity contribution in [1.29, 1.82) is 0 Å². The van der Waals surface area contributed by atoms with Gasteiger partial charge in [0.2, 0.25) is 0 Å². The molecule has 0 fully saturated rings. The Hall–Kier alpha value is -1.05. The first-order valence-corrected chi connectivity index (χ1v) is 5.79. The van der Waals surface area contributed by atoms with E-state index in [0.29, 0.717) is 19.8 Å². The monoisotopic (exact) mass is 242 g/mol. The van der Waals surface area contributed by atoms with Gasteiger partial charge in [0.1, 0.15) is 11.7 Å². The third-order valence-electron chi connectivity index (χ3n) is 1.58. The van der Waals surface area contributed by atoms with Gasteiger partial charge in [-0.15, -0.1) is 0 Å². The van der Waals surface area contributed by atoms with Crippen LogP contribution in [0.4, 0.5) is 0 Å². The smallest absolute Gasteiger partial charge is 0.384 e. The maximum absolute atomic E-state index is 11.3. The summed E-state index contributed by atoms with van der Waals surface area (Å²) in [7, 11) is 0. The zero-order valence-electron chi connectivity index (χ0n) is 11.3. The van der Waals surface area contributed by atoms with Gasteiger partial charge in [-0.05, 0) is 34.6 Å². The minimum atomic E-state index is -0.530. The van der Waals surface area contributed by atoms with Crippen molar-refractivity contribution in [3.8, 4) is 11.8 Å². The summed E-state index contributed by atoms with van der Waals surface area (Å²) < 4.78 is 15.5. The van der Waals surface area contributed by atoms with E-state index in [1.54, 1.807) is 27.7 Å². The number of carbonyl (C=O) groups is 1. The maximum atomic E-state index is 11.3. The molecule has 0 aromatic carbocycles. The summed E-state index contributed by atoms with van der Waals surface area (Å²) >= 11 is 0. The van der Waals surface area contributed by atoms with Crippen LogP contribution in [0, 0.1) is 11.8 Å². The van der Waals surface area contributed by atoms with E-state index in [2.05, 4.69) is 11.8 Å². The SMILES string of the molecule is CCOCCOC(C)C#CC(=O)OC(C)(C)C. The quantitative estimate of drug-likeness (QED) is 0.319. The third kappa shape index (κ3) is 11.2. The largest absolute Gasteiger partial charge is 0.450 e. The number of rotatable bonds is 5. The van der Waals surface area contributed by atoms with E-state index < -0.39 is 11.6 Å². The lowest BCUT2D eigenvalue weighted by atomic mass is 10.2. The molecule has 1 atom stereocenters. The summed E-state index contributed by atoms with van der Waals surface area (Å²) in [6.45, 7) is 10.8. The van der Waals surface area contributed by atoms with Gasteiger partial charge in [0.05, 0.1) is 13.2 Å². The maximum Gasteiger partial charge on any atom is 0.384 e. The number of carbonyl (C=O) groups excluding carboxylic acids is 1. The highest BCUT2D eigenvalue weighted by Crippen LogP contribution is 2.06. The Morgan fingerprint density at radius 3 is 2.47 bits per heavy atom. The second-order valence-corrected chi connectivity index (χ2v) is 4.48. The first-order valence-electron chi connectivity index (χ1n) is 5.79. The van der Waals surface area contributed by atoms with Gasteiger partial charge in [-0.3, -0.25) is 0 Å². The standard InChI is InChI=1S/C13H22O4/c1-6-15-9-10-16-11(2)7-8-12(14)17-13(3,4)5/h11H,6,9-10H2,1-5H3. The molecule has 0 aliphatic rings. The van der Waals surface area contributed by atoms with Crippen LogP contribution in [0.1, 0.15) is 34.6 Å². The summed E-state index contributed by atoms with van der Waals surface area (Å²) in [5.41, 5.74) is -0.509. The Kier molecular flexibility index (Phi) is 7.60. The van der Waals surface area contributed by atoms with Crippen LogP contribution < -0.4 is 0 Å². The third-order valence-corrected chi connectivity index (χ3v) is 1.58. The van der Waals surface area contributed by atoms with Crippen molar-refractivity contribution in [2.75, 3.05) is 19.8 Å². The normalized spacial score (nSPS) is 12.5. The fraction of sp³-hybridized carbons (Fsp3) is 0.769. The first kappa shape index (κ1) is 16.0. The van der Waals surface area contributed by atoms with E-state index in [-0.39, 0.29) is 6.10 Å². The van der Waals surface area contributed by atoms with Crippen LogP contribution in [0.25, 0.3) is 0 Å². The average Bonchev–Trinajstić information content (AvgIpc) is 2.19. The van der Waals surface area contributed by atoms with E-state index in [9.17, 15) is 4.79 Å². The molecule has 17 heavy (non-hydrogen) atoms. The molecule has 4 heteroatoms. The summed E-state index contributed by atoms with van der Waals surface area (Å²) in [6.07, 6.45) is -0.303. The molecular weight excluding hydrogens is 220 g/mol. The van der Waals surface area contributed by atoms with Crippen LogP contribution in [0.2, 0.25) is 0 Å². The molecule has 0 spiro atoms. The first-order chi connectivity index (χ1) is 7.85. The predicted octanol–water partition coefficient (Wildman–Crippen LogP) is 1.77. The second-order valence-electron chi connectivity index (χ2n) is 4.48. The van der Waals surface area contributed by atoms with Crippen molar-refractivity contribution in [1.82, 2.24) is 0 Å². The molecule has 0 heterocycles. The van der Waals surface area contributed by atoms with Gasteiger partial charge in [-0.25, -0.2) is 4.79 Å². The van der Waals surface area contributed by atoms with Gasteiger partial charge < -0.3 is 14.2 Å². The molecule has 0 saturated heterocycles. The van der Waals surface area contributed by atoms with Gasteiger partial charge in [-0.1, -0.05) is 5.92 Å². The van der Waals surface area contributed by atoms with Crippen molar-refractivity contribution in [3.63, 3.8) is 0 Å². The molecule has 0 N–H and O–H groups in total. The van der Waals surface area contributed by atoms with E-state index in [1.807, 2.05) is 6.92 Å². The van der Waals surface area contributed by atoms with E-state index >= 15 is 0 Å². The molecule has 1 unspecified atom stereocenters. The molecule has 0 amide bonds. The lowest BCUT2D eigenvalue weighted by Crippen LogP contribution is -2.23. The topological polar surface area (TPSA) is 44.8 Å². The zero-order valence-corrected chi connectivity index (χ0v) is 11.3. The number of hydrogen-bond donors (Lipinski definition) is 0. The molecule has 0 aliphatic carbocycles. The highest BCUT2D eigenvalue weighted by Gasteiger charge is 2.14. The number of ether oxygens (including phenoxy) is 3. The van der Waals surface area contributed by atoms with E-state index in [0.717, 1.165) is 0 Å². The summed E-state index contributed by atoms with van der Waals surface area (Å²) in [4.78, 5) is 11.3. The fourth-order valence-electron chi connectivity index (χ4n) is 0.934. The molecule has 98 valence electrons. The Morgan fingerprint density at radius 2 is 1.94 bits per heavy atom. The molecular formula is C13H22O4. The molecule has 0 rings (SSSR count).